The highest BCUT2D eigenvalue weighted by Gasteiger charge is 2.45. The average Bonchev–Trinajstić information content (AvgIpc) is 2.65. The third kappa shape index (κ3) is 6.24. The molecule has 0 aliphatic heterocycles. The Morgan fingerprint density at radius 3 is 2.26 bits per heavy atom. The van der Waals surface area contributed by atoms with E-state index in [2.05, 4.69) is 4.74 Å². The van der Waals surface area contributed by atoms with Crippen molar-refractivity contribution in [1.82, 2.24) is 0 Å². The molecule has 1 aliphatic rings. The maximum Gasteiger partial charge on any atom is 0.426 e. The number of hydrogen-bond donors (Lipinski definition) is 1. The van der Waals surface area contributed by atoms with Crippen LogP contribution in [-0.4, -0.2) is 37.0 Å². The molecule has 1 fully saturated rings. The third-order valence-corrected chi connectivity index (χ3v) is 3.65. The Morgan fingerprint density at radius 2 is 1.84 bits per heavy atom. The van der Waals surface area contributed by atoms with Crippen LogP contribution in [0.15, 0.2) is 0 Å². The van der Waals surface area contributed by atoms with Crippen LogP contribution in [0.25, 0.3) is 0 Å². The molecule has 1 atom stereocenters. The second-order valence-corrected chi connectivity index (χ2v) is 6.12. The molecular weight excluding hydrogens is 289 g/mol. The molecule has 1 aliphatic carbocycles. The van der Waals surface area contributed by atoms with Crippen LogP contribution in [0.4, 0.5) is 13.2 Å². The van der Waals surface area contributed by atoms with Gasteiger partial charge in [-0.2, -0.15) is 21.6 Å². The lowest BCUT2D eigenvalue weighted by molar-refractivity contribution is -0.215. The van der Waals surface area contributed by atoms with Crippen molar-refractivity contribution in [2.24, 2.45) is 5.92 Å². The fourth-order valence-electron chi connectivity index (χ4n) is 2.04. The fourth-order valence-corrected chi connectivity index (χ4v) is 2.68. The number of esters is 1. The highest BCUT2D eigenvalue weighted by Crippen LogP contribution is 2.29. The van der Waals surface area contributed by atoms with E-state index in [1.54, 1.807) is 0 Å². The van der Waals surface area contributed by atoms with Crippen molar-refractivity contribution in [3.05, 3.63) is 0 Å². The maximum absolute atomic E-state index is 12.5. The second-order valence-electron chi connectivity index (χ2n) is 4.62. The minimum absolute atomic E-state index is 0.00730. The zero-order valence-electron chi connectivity index (χ0n) is 10.0. The predicted octanol–water partition coefficient (Wildman–Crippen LogP) is 1.93. The summed E-state index contributed by atoms with van der Waals surface area (Å²) in [6, 6.07) is 0. The van der Waals surface area contributed by atoms with Gasteiger partial charge in [0.2, 0.25) is 6.10 Å². The topological polar surface area (TPSA) is 80.7 Å². The average molecular weight is 304 g/mol. The minimum atomic E-state index is -5.03. The standard InChI is InChI=1S/C10H15F3O5S/c11-10(12,13)8(6-19(15,16)17)18-9(14)5-7-3-1-2-4-7/h7-8H,1-6H2,(H,15,16,17). The minimum Gasteiger partial charge on any atom is -0.451 e. The van der Waals surface area contributed by atoms with Crippen LogP contribution in [0, 0.1) is 5.92 Å². The van der Waals surface area contributed by atoms with Crippen LogP contribution in [0.2, 0.25) is 0 Å². The molecule has 0 aromatic rings. The van der Waals surface area contributed by atoms with Crippen molar-refractivity contribution in [3.63, 3.8) is 0 Å². The van der Waals surface area contributed by atoms with Crippen LogP contribution >= 0.6 is 0 Å². The van der Waals surface area contributed by atoms with E-state index in [1.165, 1.54) is 0 Å². The molecule has 0 amide bonds. The number of hydrogen-bond acceptors (Lipinski definition) is 4. The monoisotopic (exact) mass is 304 g/mol. The van der Waals surface area contributed by atoms with Crippen molar-refractivity contribution in [3.8, 4) is 0 Å². The summed E-state index contributed by atoms with van der Waals surface area (Å²) in [7, 11) is -4.88. The Balaban J connectivity index is 2.58. The summed E-state index contributed by atoms with van der Waals surface area (Å²) in [4.78, 5) is 11.3. The molecule has 0 aromatic heterocycles. The summed E-state index contributed by atoms with van der Waals surface area (Å²) in [5.41, 5.74) is 0. The Labute approximate surface area is 108 Å². The van der Waals surface area contributed by atoms with Gasteiger partial charge >= 0.3 is 12.1 Å². The summed E-state index contributed by atoms with van der Waals surface area (Å²) >= 11 is 0. The molecule has 0 bridgehead atoms. The zero-order chi connectivity index (χ0) is 14.7. The van der Waals surface area contributed by atoms with Gasteiger partial charge in [-0.1, -0.05) is 12.8 Å². The number of carbonyl (C=O) groups is 1. The Hall–Kier alpha value is -0.830. The van der Waals surface area contributed by atoms with E-state index in [4.69, 9.17) is 4.55 Å². The molecule has 112 valence electrons. The molecule has 5 nitrogen and oxygen atoms in total. The van der Waals surface area contributed by atoms with Gasteiger partial charge in [0.1, 0.15) is 5.75 Å². The first-order valence-corrected chi connectivity index (χ1v) is 7.40. The van der Waals surface area contributed by atoms with Crippen LogP contribution in [-0.2, 0) is 19.6 Å². The summed E-state index contributed by atoms with van der Waals surface area (Å²) in [5.74, 6) is -2.77. The van der Waals surface area contributed by atoms with Gasteiger partial charge in [0, 0.05) is 6.42 Å². The fraction of sp³-hybridized carbons (Fsp3) is 0.900. The van der Waals surface area contributed by atoms with E-state index in [9.17, 15) is 26.4 Å². The first kappa shape index (κ1) is 16.2. The molecule has 0 saturated heterocycles. The van der Waals surface area contributed by atoms with Crippen LogP contribution in [0.3, 0.4) is 0 Å². The number of halogens is 3. The largest absolute Gasteiger partial charge is 0.451 e. The maximum atomic E-state index is 12.5. The van der Waals surface area contributed by atoms with Gasteiger partial charge < -0.3 is 4.74 Å². The molecule has 1 unspecified atom stereocenters. The number of alkyl halides is 3. The first-order valence-electron chi connectivity index (χ1n) is 5.79. The quantitative estimate of drug-likeness (QED) is 0.620. The molecule has 9 heteroatoms. The molecule has 1 saturated carbocycles. The molecule has 1 N–H and O–H groups in total. The van der Waals surface area contributed by atoms with Crippen LogP contribution < -0.4 is 0 Å². The summed E-state index contributed by atoms with van der Waals surface area (Å²) in [5, 5.41) is 0. The van der Waals surface area contributed by atoms with Gasteiger partial charge in [-0.25, -0.2) is 0 Å². The van der Waals surface area contributed by atoms with E-state index in [0.717, 1.165) is 25.7 Å². The van der Waals surface area contributed by atoms with Gasteiger partial charge in [-0.3, -0.25) is 9.35 Å². The van der Waals surface area contributed by atoms with Crippen LogP contribution in [0.1, 0.15) is 32.1 Å². The molecule has 0 heterocycles. The molecule has 0 spiro atoms. The SMILES string of the molecule is O=C(CC1CCCC1)OC(CS(=O)(=O)O)C(F)(F)F. The van der Waals surface area contributed by atoms with E-state index >= 15 is 0 Å². The molecule has 1 rings (SSSR count). The highest BCUT2D eigenvalue weighted by molar-refractivity contribution is 7.85. The highest BCUT2D eigenvalue weighted by atomic mass is 32.2. The summed E-state index contributed by atoms with van der Waals surface area (Å²) in [6.07, 6.45) is -4.65. The van der Waals surface area contributed by atoms with Gasteiger partial charge in [-0.05, 0) is 18.8 Å². The molecular formula is C10H15F3O5S. The number of ether oxygens (including phenoxy) is 1. The lowest BCUT2D eigenvalue weighted by atomic mass is 10.0. The Kier molecular flexibility index (Phi) is 5.19. The van der Waals surface area contributed by atoms with Gasteiger partial charge in [0.05, 0.1) is 0 Å². The third-order valence-electron chi connectivity index (χ3n) is 2.93. The smallest absolute Gasteiger partial charge is 0.426 e. The van der Waals surface area contributed by atoms with Crippen molar-refractivity contribution < 1.29 is 35.7 Å². The number of rotatable bonds is 5. The molecule has 19 heavy (non-hydrogen) atoms. The van der Waals surface area contributed by atoms with E-state index in [0.29, 0.717) is 0 Å². The lowest BCUT2D eigenvalue weighted by Crippen LogP contribution is -2.39. The lowest BCUT2D eigenvalue weighted by Gasteiger charge is -2.20. The van der Waals surface area contributed by atoms with E-state index < -0.39 is 34.1 Å². The Morgan fingerprint density at radius 1 is 1.32 bits per heavy atom. The van der Waals surface area contributed by atoms with Crippen LogP contribution in [0.5, 0.6) is 0 Å². The van der Waals surface area contributed by atoms with Crippen molar-refractivity contribution in [2.75, 3.05) is 5.75 Å². The summed E-state index contributed by atoms with van der Waals surface area (Å²) < 4.78 is 71.0. The first-order chi connectivity index (χ1) is 8.58. The summed E-state index contributed by atoms with van der Waals surface area (Å²) in [6.45, 7) is 0. The normalized spacial score (nSPS) is 19.4. The van der Waals surface area contributed by atoms with Crippen molar-refractivity contribution >= 4 is 16.1 Å². The Bertz CT molecular complexity index is 411. The van der Waals surface area contributed by atoms with E-state index in [-0.39, 0.29) is 12.3 Å². The van der Waals surface area contributed by atoms with E-state index in [1.807, 2.05) is 0 Å². The molecule has 0 aromatic carbocycles. The van der Waals surface area contributed by atoms with Gasteiger partial charge in [0.25, 0.3) is 10.1 Å². The molecule has 0 radical (unpaired) electrons. The van der Waals surface area contributed by atoms with Crippen molar-refractivity contribution in [2.45, 2.75) is 44.4 Å². The number of carbonyl (C=O) groups excluding carboxylic acids is 1. The van der Waals surface area contributed by atoms with Gasteiger partial charge in [0.15, 0.2) is 0 Å². The zero-order valence-corrected chi connectivity index (χ0v) is 10.8. The van der Waals surface area contributed by atoms with Gasteiger partial charge in [-0.15, -0.1) is 0 Å². The second kappa shape index (κ2) is 6.08. The van der Waals surface area contributed by atoms with Crippen molar-refractivity contribution in [1.29, 1.82) is 0 Å². The predicted molar refractivity (Wildman–Crippen MR) is 58.9 cm³/mol.